The third-order valence-electron chi connectivity index (χ3n) is 3.17. The summed E-state index contributed by atoms with van der Waals surface area (Å²) in [5.74, 6) is 0.916. The van der Waals surface area contributed by atoms with E-state index in [1.165, 1.54) is 12.8 Å². The molecule has 1 heterocycles. The molecule has 0 aromatic carbocycles. The summed E-state index contributed by atoms with van der Waals surface area (Å²) in [5, 5.41) is 0. The van der Waals surface area contributed by atoms with Crippen molar-refractivity contribution in [1.82, 2.24) is 4.90 Å². The summed E-state index contributed by atoms with van der Waals surface area (Å²) in [4.78, 5) is 13.8. The molecular weight excluding hydrogens is 138 g/mol. The lowest BCUT2D eigenvalue weighted by Crippen LogP contribution is -2.44. The van der Waals surface area contributed by atoms with Crippen LogP contribution in [0.4, 0.5) is 0 Å². The van der Waals surface area contributed by atoms with Crippen molar-refractivity contribution < 1.29 is 4.79 Å². The zero-order valence-corrected chi connectivity index (χ0v) is 7.05. The molecule has 2 fully saturated rings. The van der Waals surface area contributed by atoms with E-state index >= 15 is 0 Å². The second-order valence-electron chi connectivity index (χ2n) is 3.80. The van der Waals surface area contributed by atoms with Crippen LogP contribution >= 0.6 is 0 Å². The lowest BCUT2D eigenvalue weighted by atomic mass is 9.91. The average molecular weight is 153 g/mol. The third kappa shape index (κ3) is 1.09. The maximum atomic E-state index is 11.4. The van der Waals surface area contributed by atoms with Crippen LogP contribution in [0.5, 0.6) is 0 Å². The molecule has 0 unspecified atom stereocenters. The summed E-state index contributed by atoms with van der Waals surface area (Å²) in [7, 11) is 2.15. The minimum atomic E-state index is 0.397. The molecule has 0 amide bonds. The van der Waals surface area contributed by atoms with Crippen molar-refractivity contribution >= 4 is 5.78 Å². The molecule has 0 aromatic heterocycles. The monoisotopic (exact) mass is 153 g/mol. The van der Waals surface area contributed by atoms with Gasteiger partial charge in [-0.05, 0) is 19.9 Å². The molecule has 62 valence electrons. The lowest BCUT2D eigenvalue weighted by molar-refractivity contribution is -0.127. The topological polar surface area (TPSA) is 20.3 Å². The van der Waals surface area contributed by atoms with Crippen LogP contribution in [-0.4, -0.2) is 30.3 Å². The maximum Gasteiger partial charge on any atom is 0.138 e. The van der Waals surface area contributed by atoms with Gasteiger partial charge in [-0.1, -0.05) is 6.42 Å². The fourth-order valence-electron chi connectivity index (χ4n) is 2.48. The van der Waals surface area contributed by atoms with Gasteiger partial charge in [-0.2, -0.15) is 0 Å². The zero-order chi connectivity index (χ0) is 7.84. The summed E-state index contributed by atoms with van der Waals surface area (Å²) in [6, 6.07) is 0.594. The van der Waals surface area contributed by atoms with Gasteiger partial charge < -0.3 is 4.90 Å². The van der Waals surface area contributed by atoms with E-state index < -0.39 is 0 Å². The number of likely N-dealkylation sites (tertiary alicyclic amines) is 1. The Morgan fingerprint density at radius 1 is 1.45 bits per heavy atom. The molecule has 0 N–H and O–H groups in total. The molecule has 11 heavy (non-hydrogen) atoms. The van der Waals surface area contributed by atoms with Gasteiger partial charge >= 0.3 is 0 Å². The molecule has 1 saturated heterocycles. The van der Waals surface area contributed by atoms with Gasteiger partial charge in [0, 0.05) is 24.9 Å². The molecule has 2 rings (SSSR count). The fourth-order valence-corrected chi connectivity index (χ4v) is 2.48. The van der Waals surface area contributed by atoms with Crippen LogP contribution in [0.3, 0.4) is 0 Å². The number of Topliss-reactive ketones (excluding diaryl/α,β-unsaturated/α-hetero) is 1. The SMILES string of the molecule is CN1CCC(=O)[C@@H]2CCC[C@@H]21. The number of hydrogen-bond donors (Lipinski definition) is 0. The normalized spacial score (nSPS) is 39.2. The number of nitrogens with zero attached hydrogens (tertiary/aromatic N) is 1. The largest absolute Gasteiger partial charge is 0.302 e. The van der Waals surface area contributed by atoms with Gasteiger partial charge in [0.25, 0.3) is 0 Å². The van der Waals surface area contributed by atoms with Crippen LogP contribution in [0.15, 0.2) is 0 Å². The van der Waals surface area contributed by atoms with Gasteiger partial charge in [0.15, 0.2) is 0 Å². The Kier molecular flexibility index (Phi) is 1.72. The van der Waals surface area contributed by atoms with Crippen molar-refractivity contribution in [3.05, 3.63) is 0 Å². The third-order valence-corrected chi connectivity index (χ3v) is 3.17. The van der Waals surface area contributed by atoms with E-state index in [1.807, 2.05) is 0 Å². The van der Waals surface area contributed by atoms with Crippen LogP contribution < -0.4 is 0 Å². The van der Waals surface area contributed by atoms with Crippen molar-refractivity contribution in [1.29, 1.82) is 0 Å². The molecular formula is C9H15NO. The Morgan fingerprint density at radius 3 is 3.00 bits per heavy atom. The highest BCUT2D eigenvalue weighted by Gasteiger charge is 2.38. The first kappa shape index (κ1) is 7.29. The van der Waals surface area contributed by atoms with Gasteiger partial charge in [-0.15, -0.1) is 0 Å². The molecule has 1 aliphatic carbocycles. The average Bonchev–Trinajstić information content (AvgIpc) is 2.45. The minimum absolute atomic E-state index is 0.397. The number of hydrogen-bond acceptors (Lipinski definition) is 2. The maximum absolute atomic E-state index is 11.4. The first-order valence-electron chi connectivity index (χ1n) is 4.52. The van der Waals surface area contributed by atoms with E-state index in [1.54, 1.807) is 0 Å². The summed E-state index contributed by atoms with van der Waals surface area (Å²) in [6.45, 7) is 0.986. The molecule has 2 nitrogen and oxygen atoms in total. The molecule has 1 aliphatic heterocycles. The van der Waals surface area contributed by atoms with Gasteiger partial charge in [-0.3, -0.25) is 4.79 Å². The first-order chi connectivity index (χ1) is 5.29. The van der Waals surface area contributed by atoms with E-state index in [9.17, 15) is 4.79 Å². The minimum Gasteiger partial charge on any atom is -0.302 e. The van der Waals surface area contributed by atoms with Crippen LogP contribution in [0, 0.1) is 5.92 Å². The number of carbonyl (C=O) groups excluding carboxylic acids is 1. The quantitative estimate of drug-likeness (QED) is 0.518. The number of fused-ring (bicyclic) bond motifs is 1. The summed E-state index contributed by atoms with van der Waals surface area (Å²) < 4.78 is 0. The van der Waals surface area contributed by atoms with Crippen molar-refractivity contribution in [3.8, 4) is 0 Å². The Balaban J connectivity index is 2.14. The summed E-state index contributed by atoms with van der Waals surface area (Å²) in [5.41, 5.74) is 0. The number of piperidine rings is 1. The molecule has 2 atom stereocenters. The molecule has 0 aromatic rings. The van der Waals surface area contributed by atoms with Crippen LogP contribution in [0.1, 0.15) is 25.7 Å². The van der Waals surface area contributed by atoms with Crippen molar-refractivity contribution in [3.63, 3.8) is 0 Å². The molecule has 2 heteroatoms. The second-order valence-corrected chi connectivity index (χ2v) is 3.80. The molecule has 0 spiro atoms. The number of rotatable bonds is 0. The smallest absolute Gasteiger partial charge is 0.138 e. The highest BCUT2D eigenvalue weighted by atomic mass is 16.1. The van der Waals surface area contributed by atoms with Crippen molar-refractivity contribution in [2.75, 3.05) is 13.6 Å². The van der Waals surface area contributed by atoms with Gasteiger partial charge in [0.05, 0.1) is 0 Å². The van der Waals surface area contributed by atoms with Gasteiger partial charge in [0.1, 0.15) is 5.78 Å². The van der Waals surface area contributed by atoms with Gasteiger partial charge in [0.2, 0.25) is 0 Å². The van der Waals surface area contributed by atoms with E-state index in [2.05, 4.69) is 11.9 Å². The van der Waals surface area contributed by atoms with Gasteiger partial charge in [-0.25, -0.2) is 0 Å². The summed E-state index contributed by atoms with van der Waals surface area (Å²) in [6.07, 6.45) is 4.43. The van der Waals surface area contributed by atoms with Crippen LogP contribution in [0.25, 0.3) is 0 Å². The molecule has 1 saturated carbocycles. The Bertz CT molecular complexity index is 178. The molecule has 0 radical (unpaired) electrons. The summed E-state index contributed by atoms with van der Waals surface area (Å²) >= 11 is 0. The number of ketones is 1. The zero-order valence-electron chi connectivity index (χ0n) is 7.05. The van der Waals surface area contributed by atoms with E-state index in [-0.39, 0.29) is 0 Å². The van der Waals surface area contributed by atoms with E-state index in [0.29, 0.717) is 17.7 Å². The fraction of sp³-hybridized carbons (Fsp3) is 0.889. The van der Waals surface area contributed by atoms with Crippen LogP contribution in [-0.2, 0) is 4.79 Å². The predicted octanol–water partition coefficient (Wildman–Crippen LogP) is 1.06. The Labute approximate surface area is 67.6 Å². The first-order valence-corrected chi connectivity index (χ1v) is 4.52. The Hall–Kier alpha value is -0.370. The second kappa shape index (κ2) is 2.59. The Morgan fingerprint density at radius 2 is 2.27 bits per heavy atom. The highest BCUT2D eigenvalue weighted by Crippen LogP contribution is 2.33. The number of carbonyl (C=O) groups is 1. The van der Waals surface area contributed by atoms with Crippen molar-refractivity contribution in [2.45, 2.75) is 31.7 Å². The highest BCUT2D eigenvalue weighted by molar-refractivity contribution is 5.83. The lowest BCUT2D eigenvalue weighted by Gasteiger charge is -2.33. The predicted molar refractivity (Wildman–Crippen MR) is 43.4 cm³/mol. The molecule has 2 aliphatic rings. The standard InChI is InChI=1S/C9H15NO/c1-10-6-5-9(11)7-3-2-4-8(7)10/h7-8H,2-6H2,1H3/t7-,8+/m1/s1. The van der Waals surface area contributed by atoms with Crippen LogP contribution in [0.2, 0.25) is 0 Å². The van der Waals surface area contributed by atoms with Crippen molar-refractivity contribution in [2.24, 2.45) is 5.92 Å². The molecule has 0 bridgehead atoms. The van der Waals surface area contributed by atoms with E-state index in [4.69, 9.17) is 0 Å². The van der Waals surface area contributed by atoms with E-state index in [0.717, 1.165) is 19.4 Å².